The van der Waals surface area contributed by atoms with Crippen molar-refractivity contribution in [2.45, 2.75) is 187 Å². The molecule has 0 radical (unpaired) electrons. The molecule has 29 nitrogen and oxygen atoms in total. The number of aliphatic imine (C=N–C) groups is 3. The first-order valence-electron chi connectivity index (χ1n) is 27.3. The molecule has 10 atom stereocenters. The van der Waals surface area contributed by atoms with E-state index in [1.165, 1.54) is 23.6 Å². The number of nitrogens with zero attached hydrogens (tertiary/aromatic N) is 5. The summed E-state index contributed by atoms with van der Waals surface area (Å²) in [7, 11) is 0. The maximum absolute atomic E-state index is 14.5. The highest BCUT2D eigenvalue weighted by Crippen LogP contribution is 2.27. The molecule has 0 saturated carbocycles. The summed E-state index contributed by atoms with van der Waals surface area (Å²) in [5, 5.41) is 18.8. The number of nitrogens with one attached hydrogen (secondary N) is 7. The van der Waals surface area contributed by atoms with Crippen LogP contribution < -0.4 is 77.4 Å². The highest BCUT2D eigenvalue weighted by molar-refractivity contribution is 5.99. The van der Waals surface area contributed by atoms with Crippen molar-refractivity contribution in [3.05, 3.63) is 0 Å². The number of rotatable bonds is 33. The molecule has 2 saturated heterocycles. The minimum Gasteiger partial charge on any atom is -0.370 e. The molecular formula is C50H91N19O10. The van der Waals surface area contributed by atoms with Gasteiger partial charge in [-0.15, -0.1) is 0 Å². The predicted molar refractivity (Wildman–Crippen MR) is 297 cm³/mol. The molecule has 2 fully saturated rings. The smallest absolute Gasteiger partial charge is 0.246 e. The van der Waals surface area contributed by atoms with Crippen LogP contribution in [0.4, 0.5) is 0 Å². The number of hydrogen-bond acceptors (Lipinski definition) is 13. The molecule has 2 aliphatic heterocycles. The van der Waals surface area contributed by atoms with E-state index in [1.807, 2.05) is 20.8 Å². The van der Waals surface area contributed by atoms with Gasteiger partial charge in [0.2, 0.25) is 59.1 Å². The number of likely N-dealkylation sites (tertiary alicyclic amines) is 2. The first-order chi connectivity index (χ1) is 37.1. The lowest BCUT2D eigenvalue weighted by Crippen LogP contribution is -2.61. The van der Waals surface area contributed by atoms with Crippen LogP contribution in [0.5, 0.6) is 0 Å². The molecular weight excluding hydrogens is 1030 g/mol. The topological polar surface area (TPSA) is 481 Å². The SMILES string of the molecule is CCC(C)[C@H](NC(C)=O)C(=O)N[C@@H](CCCN=C(N)N)C(=O)N[C@@H](CCCN=C(N)N)C(=O)N[C@H](C(=O)N[C@@H](C)C(=O)N[C@@H](CCCN=C(N)N)C(=O)N1CCCC1C(=O)N1CCCC1C(=O)N[C@@H](CC(C)C)C(N)=O)C(C)C. The minimum absolute atomic E-state index is 0.0133. The van der Waals surface area contributed by atoms with Gasteiger partial charge in [-0.1, -0.05) is 48.0 Å². The van der Waals surface area contributed by atoms with E-state index in [4.69, 9.17) is 40.1 Å². The zero-order chi connectivity index (χ0) is 59.7. The molecule has 0 bridgehead atoms. The molecule has 21 N–H and O–H groups in total. The molecule has 0 aromatic carbocycles. The van der Waals surface area contributed by atoms with Crippen LogP contribution >= 0.6 is 0 Å². The zero-order valence-corrected chi connectivity index (χ0v) is 47.3. The third kappa shape index (κ3) is 23.2. The van der Waals surface area contributed by atoms with Crippen LogP contribution in [0.15, 0.2) is 15.0 Å². The zero-order valence-electron chi connectivity index (χ0n) is 47.3. The summed E-state index contributed by atoms with van der Waals surface area (Å²) in [5.74, 6) is -7.92. The minimum atomic E-state index is -1.32. The van der Waals surface area contributed by atoms with Gasteiger partial charge < -0.3 is 87.2 Å². The lowest BCUT2D eigenvalue weighted by molar-refractivity contribution is -0.148. The van der Waals surface area contributed by atoms with Crippen LogP contribution in [0.2, 0.25) is 0 Å². The van der Waals surface area contributed by atoms with Crippen molar-refractivity contribution >= 4 is 77.0 Å². The molecule has 446 valence electrons. The standard InChI is InChI=1S/C50H91N19O10/c1-9-28(6)38(62-30(8)70)45(77)64-31(15-10-20-58-48(52)53)41(73)63-32(16-11-21-59-49(54)55)42(74)67-37(27(4)5)44(76)61-29(7)40(72)65-33(17-12-22-60-50(56)57)46(78)69-24-14-19-36(69)47(79)68-23-13-18-35(68)43(75)66-34(39(51)71)25-26(2)3/h26-29,31-38H,9-25H2,1-8H3,(H2,51,71)(H,61,76)(H,62,70)(H,63,73)(H,64,77)(H,65,72)(H,66,75)(H,67,74)(H4,52,53,58)(H4,54,55,59)(H4,56,57,60)/t28?,29-,31-,32-,33-,34-,35?,36?,37-,38-/m0/s1. The normalized spacial score (nSPS) is 18.0. The van der Waals surface area contributed by atoms with Crippen LogP contribution in [-0.4, -0.2) is 174 Å². The van der Waals surface area contributed by atoms with E-state index < -0.39 is 119 Å². The van der Waals surface area contributed by atoms with Crippen LogP contribution in [0.25, 0.3) is 0 Å². The number of carbonyl (C=O) groups excluding carboxylic acids is 10. The van der Waals surface area contributed by atoms with Crippen molar-refractivity contribution in [2.24, 2.45) is 72.9 Å². The summed E-state index contributed by atoms with van der Waals surface area (Å²) >= 11 is 0. The molecule has 79 heavy (non-hydrogen) atoms. The quantitative estimate of drug-likeness (QED) is 0.0168. The third-order valence-electron chi connectivity index (χ3n) is 13.6. The Hall–Kier alpha value is -7.49. The lowest BCUT2D eigenvalue weighted by Gasteiger charge is -2.33. The predicted octanol–water partition coefficient (Wildman–Crippen LogP) is -4.20. The highest BCUT2D eigenvalue weighted by Gasteiger charge is 2.44. The Balaban J connectivity index is 2.37. The van der Waals surface area contributed by atoms with Gasteiger partial charge in [-0.05, 0) is 95.3 Å². The van der Waals surface area contributed by atoms with E-state index >= 15 is 0 Å². The summed E-state index contributed by atoms with van der Waals surface area (Å²) in [5.41, 5.74) is 38.7. The van der Waals surface area contributed by atoms with Crippen molar-refractivity contribution in [2.75, 3.05) is 32.7 Å². The number of carbonyl (C=O) groups is 10. The van der Waals surface area contributed by atoms with Crippen LogP contribution in [0.1, 0.15) is 132 Å². The summed E-state index contributed by atoms with van der Waals surface area (Å²) in [6, 6.07) is -10.2. The van der Waals surface area contributed by atoms with Crippen molar-refractivity contribution < 1.29 is 47.9 Å². The van der Waals surface area contributed by atoms with E-state index in [0.29, 0.717) is 32.1 Å². The average molecular weight is 1120 g/mol. The monoisotopic (exact) mass is 1120 g/mol. The largest absolute Gasteiger partial charge is 0.370 e. The van der Waals surface area contributed by atoms with Crippen molar-refractivity contribution in [3.63, 3.8) is 0 Å². The molecule has 2 rings (SSSR count). The Labute approximate surface area is 463 Å². The molecule has 0 aliphatic carbocycles. The maximum Gasteiger partial charge on any atom is 0.246 e. The fourth-order valence-corrected chi connectivity index (χ4v) is 9.18. The molecule has 3 unspecified atom stereocenters. The summed E-state index contributed by atoms with van der Waals surface area (Å²) in [6.07, 6.45) is 3.03. The first kappa shape index (κ1) is 67.6. The molecule has 10 amide bonds. The Kier molecular flexibility index (Phi) is 28.9. The fraction of sp³-hybridized carbons (Fsp3) is 0.740. The van der Waals surface area contributed by atoms with E-state index in [1.54, 1.807) is 20.8 Å². The van der Waals surface area contributed by atoms with E-state index in [2.05, 4.69) is 52.2 Å². The van der Waals surface area contributed by atoms with Gasteiger partial charge in [0.25, 0.3) is 0 Å². The van der Waals surface area contributed by atoms with Crippen molar-refractivity contribution in [1.82, 2.24) is 47.0 Å². The fourth-order valence-electron chi connectivity index (χ4n) is 9.18. The third-order valence-corrected chi connectivity index (χ3v) is 13.6. The maximum atomic E-state index is 14.5. The second-order valence-electron chi connectivity index (χ2n) is 21.0. The lowest BCUT2D eigenvalue weighted by atomic mass is 9.97. The summed E-state index contributed by atoms with van der Waals surface area (Å²) in [4.78, 5) is 151. The van der Waals surface area contributed by atoms with Gasteiger partial charge in [0.15, 0.2) is 17.9 Å². The number of amides is 10. The summed E-state index contributed by atoms with van der Waals surface area (Å²) in [6.45, 7) is 14.0. The van der Waals surface area contributed by atoms with E-state index in [0.717, 1.165) is 0 Å². The van der Waals surface area contributed by atoms with Crippen LogP contribution in [0.3, 0.4) is 0 Å². The Bertz CT molecular complexity index is 2200. The summed E-state index contributed by atoms with van der Waals surface area (Å²) < 4.78 is 0. The van der Waals surface area contributed by atoms with Gasteiger partial charge in [-0.3, -0.25) is 62.9 Å². The van der Waals surface area contributed by atoms with Gasteiger partial charge in [0.1, 0.15) is 54.4 Å². The highest BCUT2D eigenvalue weighted by atomic mass is 16.2. The number of hydrogen-bond donors (Lipinski definition) is 14. The Morgan fingerprint density at radius 2 is 0.975 bits per heavy atom. The molecule has 29 heteroatoms. The number of guanidine groups is 3. The van der Waals surface area contributed by atoms with E-state index in [-0.39, 0.29) is 107 Å². The number of nitrogens with two attached hydrogens (primary N) is 7. The van der Waals surface area contributed by atoms with Gasteiger partial charge in [0, 0.05) is 39.6 Å². The first-order valence-corrected chi connectivity index (χ1v) is 27.3. The van der Waals surface area contributed by atoms with Gasteiger partial charge in [-0.2, -0.15) is 0 Å². The molecule has 2 heterocycles. The van der Waals surface area contributed by atoms with E-state index in [9.17, 15) is 47.9 Å². The second-order valence-corrected chi connectivity index (χ2v) is 21.0. The van der Waals surface area contributed by atoms with Gasteiger partial charge in [0.05, 0.1) is 0 Å². The van der Waals surface area contributed by atoms with Crippen molar-refractivity contribution in [3.8, 4) is 0 Å². The van der Waals surface area contributed by atoms with Gasteiger partial charge in [-0.25, -0.2) is 0 Å². The Morgan fingerprint density at radius 3 is 1.44 bits per heavy atom. The molecule has 0 aromatic rings. The number of primary amides is 1. The Morgan fingerprint density at radius 1 is 0.519 bits per heavy atom. The second kappa shape index (κ2) is 33.7. The van der Waals surface area contributed by atoms with Crippen molar-refractivity contribution in [1.29, 1.82) is 0 Å². The van der Waals surface area contributed by atoms with Crippen LogP contribution in [-0.2, 0) is 47.9 Å². The molecule has 2 aliphatic rings. The van der Waals surface area contributed by atoms with Crippen LogP contribution in [0, 0.1) is 17.8 Å². The van der Waals surface area contributed by atoms with Gasteiger partial charge >= 0.3 is 0 Å². The molecule has 0 spiro atoms. The molecule has 0 aromatic heterocycles. The average Bonchev–Trinajstić information content (AvgIpc) is 4.07.